The van der Waals surface area contributed by atoms with E-state index in [-0.39, 0.29) is 11.4 Å². The number of methoxy groups -OCH3 is 1. The van der Waals surface area contributed by atoms with E-state index in [9.17, 15) is 9.59 Å². The maximum absolute atomic E-state index is 12.0. The van der Waals surface area contributed by atoms with Crippen LogP contribution < -0.4 is 5.32 Å². The number of pyridine rings is 1. The van der Waals surface area contributed by atoms with Crippen LogP contribution in [0.3, 0.4) is 0 Å². The van der Waals surface area contributed by atoms with E-state index in [1.165, 1.54) is 37.7 Å². The first kappa shape index (κ1) is 13.3. The van der Waals surface area contributed by atoms with Crippen molar-refractivity contribution < 1.29 is 14.3 Å². The fourth-order valence-electron chi connectivity index (χ4n) is 1.53. The number of carbonyl (C=O) groups is 2. The highest BCUT2D eigenvalue weighted by molar-refractivity contribution is 6.04. The lowest BCUT2D eigenvalue weighted by Gasteiger charge is -2.02. The Balaban J connectivity index is 2.13. The minimum Gasteiger partial charge on any atom is -0.464 e. The zero-order valence-electron chi connectivity index (χ0n) is 10.5. The number of H-pyrrole nitrogens is 1. The van der Waals surface area contributed by atoms with Gasteiger partial charge in [0.05, 0.1) is 12.8 Å². The number of nitrogens with zero attached hydrogens (tertiary/aromatic N) is 2. The van der Waals surface area contributed by atoms with Crippen LogP contribution in [0.1, 0.15) is 26.5 Å². The van der Waals surface area contributed by atoms with E-state index in [0.29, 0.717) is 11.3 Å². The van der Waals surface area contributed by atoms with Gasteiger partial charge in [-0.1, -0.05) is 0 Å². The molecule has 100 valence electrons. The molecular formula is C13H10N4O3. The van der Waals surface area contributed by atoms with Crippen LogP contribution in [0.2, 0.25) is 0 Å². The molecule has 20 heavy (non-hydrogen) atoms. The maximum Gasteiger partial charge on any atom is 0.354 e. The van der Waals surface area contributed by atoms with Gasteiger partial charge < -0.3 is 15.0 Å². The molecule has 2 rings (SSSR count). The molecule has 2 N–H and O–H groups in total. The number of nitrogens with one attached hydrogen (secondary N) is 2. The Kier molecular flexibility index (Phi) is 3.77. The second kappa shape index (κ2) is 5.67. The van der Waals surface area contributed by atoms with Crippen LogP contribution >= 0.6 is 0 Å². The van der Waals surface area contributed by atoms with Gasteiger partial charge in [-0.3, -0.25) is 4.79 Å². The van der Waals surface area contributed by atoms with Crippen molar-refractivity contribution in [2.24, 2.45) is 0 Å². The van der Waals surface area contributed by atoms with Gasteiger partial charge in [0.15, 0.2) is 0 Å². The quantitative estimate of drug-likeness (QED) is 0.818. The Morgan fingerprint density at radius 3 is 2.95 bits per heavy atom. The second-order valence-electron chi connectivity index (χ2n) is 3.79. The van der Waals surface area contributed by atoms with Crippen molar-refractivity contribution in [2.75, 3.05) is 12.4 Å². The number of anilines is 1. The molecule has 0 unspecified atom stereocenters. The van der Waals surface area contributed by atoms with E-state index in [2.05, 4.69) is 20.0 Å². The summed E-state index contributed by atoms with van der Waals surface area (Å²) in [4.78, 5) is 29.7. The van der Waals surface area contributed by atoms with Crippen LogP contribution in [0.4, 0.5) is 5.69 Å². The van der Waals surface area contributed by atoms with Crippen LogP contribution in [-0.2, 0) is 4.74 Å². The minimum absolute atomic E-state index is 0.155. The SMILES string of the molecule is COC(=O)c1cc(NC(=O)c2ccnc(C#N)c2)c[nH]1. The van der Waals surface area contributed by atoms with Gasteiger partial charge in [0.25, 0.3) is 5.91 Å². The molecule has 0 bridgehead atoms. The van der Waals surface area contributed by atoms with Crippen LogP contribution in [-0.4, -0.2) is 29.0 Å². The number of hydrogen-bond donors (Lipinski definition) is 2. The summed E-state index contributed by atoms with van der Waals surface area (Å²) in [5.41, 5.74) is 1.11. The van der Waals surface area contributed by atoms with E-state index in [0.717, 1.165) is 0 Å². The molecule has 2 aromatic heterocycles. The molecule has 7 heteroatoms. The molecule has 1 amide bonds. The van der Waals surface area contributed by atoms with Gasteiger partial charge in [0.2, 0.25) is 0 Å². The topological polar surface area (TPSA) is 108 Å². The Morgan fingerprint density at radius 2 is 2.25 bits per heavy atom. The van der Waals surface area contributed by atoms with Gasteiger partial charge in [0, 0.05) is 18.0 Å². The largest absolute Gasteiger partial charge is 0.464 e. The Morgan fingerprint density at radius 1 is 1.45 bits per heavy atom. The molecular weight excluding hydrogens is 260 g/mol. The molecule has 0 aliphatic rings. The lowest BCUT2D eigenvalue weighted by atomic mass is 10.2. The number of aromatic nitrogens is 2. The number of carbonyl (C=O) groups excluding carboxylic acids is 2. The first-order valence-corrected chi connectivity index (χ1v) is 5.58. The summed E-state index contributed by atoms with van der Waals surface area (Å²) in [5.74, 6) is -0.930. The highest BCUT2D eigenvalue weighted by Gasteiger charge is 2.11. The van der Waals surface area contributed by atoms with E-state index >= 15 is 0 Å². The number of rotatable bonds is 3. The molecule has 0 fully saturated rings. The van der Waals surface area contributed by atoms with Crippen molar-refractivity contribution in [1.29, 1.82) is 5.26 Å². The van der Waals surface area contributed by atoms with E-state index in [1.54, 1.807) is 0 Å². The smallest absolute Gasteiger partial charge is 0.354 e. The average molecular weight is 270 g/mol. The fraction of sp³-hybridized carbons (Fsp3) is 0.0769. The number of amides is 1. The third kappa shape index (κ3) is 2.81. The molecule has 0 saturated carbocycles. The third-order valence-electron chi connectivity index (χ3n) is 2.48. The fourth-order valence-corrected chi connectivity index (χ4v) is 1.53. The van der Waals surface area contributed by atoms with Crippen molar-refractivity contribution in [3.8, 4) is 6.07 Å². The second-order valence-corrected chi connectivity index (χ2v) is 3.79. The number of ether oxygens (including phenoxy) is 1. The number of esters is 1. The Hall–Kier alpha value is -3.14. The summed E-state index contributed by atoms with van der Waals surface area (Å²) in [6.07, 6.45) is 2.85. The zero-order chi connectivity index (χ0) is 14.5. The van der Waals surface area contributed by atoms with Gasteiger partial charge in [-0.05, 0) is 18.2 Å². The van der Waals surface area contributed by atoms with Crippen LogP contribution in [0.5, 0.6) is 0 Å². The summed E-state index contributed by atoms with van der Waals surface area (Å²) >= 11 is 0. The molecule has 0 aliphatic heterocycles. The average Bonchev–Trinajstić information content (AvgIpc) is 2.95. The highest BCUT2D eigenvalue weighted by atomic mass is 16.5. The lowest BCUT2D eigenvalue weighted by molar-refractivity contribution is 0.0594. The predicted octanol–water partition coefficient (Wildman–Crippen LogP) is 1.32. The summed E-state index contributed by atoms with van der Waals surface area (Å²) in [5, 5.41) is 11.3. The monoisotopic (exact) mass is 270 g/mol. The summed E-state index contributed by atoms with van der Waals surface area (Å²) in [7, 11) is 1.27. The molecule has 0 spiro atoms. The van der Waals surface area contributed by atoms with Crippen molar-refractivity contribution in [1.82, 2.24) is 9.97 Å². The van der Waals surface area contributed by atoms with E-state index in [1.807, 2.05) is 6.07 Å². The number of nitriles is 1. The summed E-state index contributed by atoms with van der Waals surface area (Å²) in [6, 6.07) is 6.18. The molecule has 0 aromatic carbocycles. The molecule has 0 radical (unpaired) electrons. The van der Waals surface area contributed by atoms with Crippen molar-refractivity contribution in [3.05, 3.63) is 47.5 Å². The van der Waals surface area contributed by atoms with Crippen molar-refractivity contribution in [2.45, 2.75) is 0 Å². The zero-order valence-corrected chi connectivity index (χ0v) is 10.5. The van der Waals surface area contributed by atoms with Crippen molar-refractivity contribution in [3.63, 3.8) is 0 Å². The van der Waals surface area contributed by atoms with Gasteiger partial charge in [-0.2, -0.15) is 5.26 Å². The molecule has 0 aliphatic carbocycles. The van der Waals surface area contributed by atoms with Crippen LogP contribution in [0.15, 0.2) is 30.6 Å². The third-order valence-corrected chi connectivity index (χ3v) is 2.48. The first-order valence-electron chi connectivity index (χ1n) is 5.58. The van der Waals surface area contributed by atoms with Gasteiger partial charge in [-0.15, -0.1) is 0 Å². The first-order chi connectivity index (χ1) is 9.63. The van der Waals surface area contributed by atoms with E-state index < -0.39 is 11.9 Å². The minimum atomic E-state index is -0.527. The number of hydrogen-bond acceptors (Lipinski definition) is 5. The van der Waals surface area contributed by atoms with Gasteiger partial charge in [0.1, 0.15) is 17.5 Å². The summed E-state index contributed by atoms with van der Waals surface area (Å²) in [6.45, 7) is 0. The summed E-state index contributed by atoms with van der Waals surface area (Å²) < 4.78 is 4.54. The Labute approximate surface area is 114 Å². The lowest BCUT2D eigenvalue weighted by Crippen LogP contribution is -2.11. The maximum atomic E-state index is 12.0. The van der Waals surface area contributed by atoms with Gasteiger partial charge in [-0.25, -0.2) is 9.78 Å². The Bertz CT molecular complexity index is 700. The number of aromatic amines is 1. The predicted molar refractivity (Wildman–Crippen MR) is 69.0 cm³/mol. The van der Waals surface area contributed by atoms with E-state index in [4.69, 9.17) is 5.26 Å². The van der Waals surface area contributed by atoms with Crippen molar-refractivity contribution >= 4 is 17.6 Å². The normalized spacial score (nSPS) is 9.60. The molecule has 2 aromatic rings. The molecule has 0 atom stereocenters. The van der Waals surface area contributed by atoms with Crippen LogP contribution in [0.25, 0.3) is 0 Å². The molecule has 2 heterocycles. The molecule has 0 saturated heterocycles. The van der Waals surface area contributed by atoms with Crippen LogP contribution in [0, 0.1) is 11.3 Å². The highest BCUT2D eigenvalue weighted by Crippen LogP contribution is 2.12. The van der Waals surface area contributed by atoms with Gasteiger partial charge >= 0.3 is 5.97 Å². The molecule has 7 nitrogen and oxygen atoms in total. The standard InChI is InChI=1S/C13H10N4O3/c1-20-13(19)11-5-10(7-16-11)17-12(18)8-2-3-15-9(4-8)6-14/h2-5,7,16H,1H3,(H,17,18).